The number of hydrogen-bond donors (Lipinski definition) is 3. The lowest BCUT2D eigenvalue weighted by atomic mass is 9.96. The van der Waals surface area contributed by atoms with Gasteiger partial charge < -0.3 is 16.2 Å². The van der Waals surface area contributed by atoms with Gasteiger partial charge in [-0.1, -0.05) is 13.8 Å². The third kappa shape index (κ3) is 9.44. The van der Waals surface area contributed by atoms with E-state index in [4.69, 9.17) is 10.8 Å². The molecule has 4 N–H and O–H groups in total. The second-order valence-corrected chi connectivity index (χ2v) is 5.77. The van der Waals surface area contributed by atoms with E-state index in [2.05, 4.69) is 19.2 Å². The number of carbonyl (C=O) groups excluding carboxylic acids is 1. The van der Waals surface area contributed by atoms with Gasteiger partial charge in [-0.3, -0.25) is 4.79 Å². The second-order valence-electron chi connectivity index (χ2n) is 4.54. The van der Waals surface area contributed by atoms with Gasteiger partial charge in [0, 0.05) is 25.4 Å². The fourth-order valence-electron chi connectivity index (χ4n) is 1.54. The molecule has 1 amide bonds. The molecule has 0 aromatic rings. The minimum atomic E-state index is -0.0579. The average molecular weight is 262 g/mol. The Morgan fingerprint density at radius 1 is 1.41 bits per heavy atom. The van der Waals surface area contributed by atoms with E-state index >= 15 is 0 Å². The number of carbonyl (C=O) groups is 1. The highest BCUT2D eigenvalue weighted by Gasteiger charge is 2.17. The third-order valence-corrected chi connectivity index (χ3v) is 3.47. The van der Waals surface area contributed by atoms with Crippen LogP contribution in [0.25, 0.3) is 0 Å². The highest BCUT2D eigenvalue weighted by Crippen LogP contribution is 2.10. The molecular weight excluding hydrogens is 236 g/mol. The Hall–Kier alpha value is -0.260. The number of nitrogens with two attached hydrogens (primary N) is 1. The quantitative estimate of drug-likeness (QED) is 0.510. The van der Waals surface area contributed by atoms with E-state index < -0.39 is 0 Å². The van der Waals surface area contributed by atoms with Crippen LogP contribution in [0, 0.1) is 11.8 Å². The van der Waals surface area contributed by atoms with E-state index in [0.717, 1.165) is 24.3 Å². The Kier molecular flexibility index (Phi) is 10.7. The van der Waals surface area contributed by atoms with Crippen LogP contribution < -0.4 is 11.1 Å². The molecule has 0 fully saturated rings. The van der Waals surface area contributed by atoms with Crippen LogP contribution in [0.1, 0.15) is 26.7 Å². The summed E-state index contributed by atoms with van der Waals surface area (Å²) in [6.07, 6.45) is 1.66. The molecule has 0 aliphatic carbocycles. The Balaban J connectivity index is 3.61. The minimum absolute atomic E-state index is 0.0579. The van der Waals surface area contributed by atoms with Crippen molar-refractivity contribution >= 4 is 17.7 Å². The fraction of sp³-hybridized carbons (Fsp3) is 0.917. The van der Waals surface area contributed by atoms with E-state index in [9.17, 15) is 4.79 Å². The summed E-state index contributed by atoms with van der Waals surface area (Å²) in [5.41, 5.74) is 5.60. The Morgan fingerprint density at radius 2 is 2.12 bits per heavy atom. The van der Waals surface area contributed by atoms with Crippen molar-refractivity contribution in [3.63, 3.8) is 0 Å². The van der Waals surface area contributed by atoms with Gasteiger partial charge in [-0.15, -0.1) is 0 Å². The van der Waals surface area contributed by atoms with Gasteiger partial charge in [0.05, 0.1) is 5.92 Å². The van der Waals surface area contributed by atoms with Crippen molar-refractivity contribution in [2.24, 2.45) is 17.6 Å². The van der Waals surface area contributed by atoms with Crippen molar-refractivity contribution in [1.29, 1.82) is 0 Å². The van der Waals surface area contributed by atoms with Crippen LogP contribution in [-0.4, -0.2) is 42.2 Å². The molecule has 0 rings (SSSR count). The van der Waals surface area contributed by atoms with Crippen LogP contribution in [0.4, 0.5) is 0 Å². The van der Waals surface area contributed by atoms with Gasteiger partial charge in [0.2, 0.25) is 5.91 Å². The molecule has 1 unspecified atom stereocenters. The number of aliphatic hydroxyl groups excluding tert-OH is 1. The van der Waals surface area contributed by atoms with Crippen LogP contribution in [0.2, 0.25) is 0 Å². The molecule has 0 heterocycles. The maximum absolute atomic E-state index is 11.8. The number of thioether (sulfide) groups is 1. The van der Waals surface area contributed by atoms with E-state index in [1.807, 2.05) is 0 Å². The van der Waals surface area contributed by atoms with Gasteiger partial charge >= 0.3 is 0 Å². The van der Waals surface area contributed by atoms with Crippen molar-refractivity contribution in [2.45, 2.75) is 26.7 Å². The first-order valence-electron chi connectivity index (χ1n) is 6.28. The summed E-state index contributed by atoms with van der Waals surface area (Å²) < 4.78 is 0. The lowest BCUT2D eigenvalue weighted by molar-refractivity contribution is -0.125. The largest absolute Gasteiger partial charge is 0.396 e. The zero-order valence-corrected chi connectivity index (χ0v) is 11.8. The molecule has 4 nitrogen and oxygen atoms in total. The summed E-state index contributed by atoms with van der Waals surface area (Å²) in [5.74, 6) is 2.35. The molecule has 0 aromatic heterocycles. The van der Waals surface area contributed by atoms with Gasteiger partial charge in [-0.2, -0.15) is 11.8 Å². The van der Waals surface area contributed by atoms with Crippen LogP contribution in [0.15, 0.2) is 0 Å². The van der Waals surface area contributed by atoms with E-state index in [1.54, 1.807) is 11.8 Å². The Morgan fingerprint density at radius 3 is 2.65 bits per heavy atom. The number of amides is 1. The van der Waals surface area contributed by atoms with Crippen molar-refractivity contribution in [3.8, 4) is 0 Å². The zero-order chi connectivity index (χ0) is 13.1. The predicted octanol–water partition coefficient (Wildman–Crippen LogP) is 0.839. The van der Waals surface area contributed by atoms with Crippen LogP contribution >= 0.6 is 11.8 Å². The number of aliphatic hydroxyl groups is 1. The first kappa shape index (κ1) is 16.7. The molecule has 0 spiro atoms. The Labute approximate surface area is 109 Å². The summed E-state index contributed by atoms with van der Waals surface area (Å²) in [4.78, 5) is 11.8. The SMILES string of the molecule is CC(C)CC(CN)C(=O)NCCSCCCO. The standard InChI is InChI=1S/C12H26N2O2S/c1-10(2)8-11(9-13)12(16)14-4-7-17-6-3-5-15/h10-11,15H,3-9,13H2,1-2H3,(H,14,16). The van der Waals surface area contributed by atoms with Crippen molar-refractivity contribution in [1.82, 2.24) is 5.32 Å². The Bertz CT molecular complexity index is 201. The smallest absolute Gasteiger partial charge is 0.224 e. The normalized spacial score (nSPS) is 12.8. The van der Waals surface area contributed by atoms with Gasteiger partial charge in [0.1, 0.15) is 0 Å². The first-order chi connectivity index (χ1) is 8.11. The van der Waals surface area contributed by atoms with Crippen molar-refractivity contribution < 1.29 is 9.90 Å². The second kappa shape index (κ2) is 10.9. The molecular formula is C12H26N2O2S. The molecule has 0 bridgehead atoms. The maximum Gasteiger partial charge on any atom is 0.224 e. The fourth-order valence-corrected chi connectivity index (χ4v) is 2.32. The van der Waals surface area contributed by atoms with Crippen molar-refractivity contribution in [2.75, 3.05) is 31.2 Å². The van der Waals surface area contributed by atoms with E-state index in [-0.39, 0.29) is 18.4 Å². The minimum Gasteiger partial charge on any atom is -0.396 e. The first-order valence-corrected chi connectivity index (χ1v) is 7.43. The van der Waals surface area contributed by atoms with Gasteiger partial charge in [-0.05, 0) is 24.5 Å². The molecule has 102 valence electrons. The molecule has 0 aromatic carbocycles. The number of rotatable bonds is 10. The lowest BCUT2D eigenvalue weighted by Crippen LogP contribution is -2.36. The van der Waals surface area contributed by atoms with Gasteiger partial charge in [0.15, 0.2) is 0 Å². The van der Waals surface area contributed by atoms with Crippen LogP contribution in [-0.2, 0) is 4.79 Å². The molecule has 0 radical (unpaired) electrons. The molecule has 0 saturated carbocycles. The molecule has 17 heavy (non-hydrogen) atoms. The highest BCUT2D eigenvalue weighted by atomic mass is 32.2. The van der Waals surface area contributed by atoms with Crippen LogP contribution in [0.3, 0.4) is 0 Å². The maximum atomic E-state index is 11.8. The highest BCUT2D eigenvalue weighted by molar-refractivity contribution is 7.99. The molecule has 5 heteroatoms. The summed E-state index contributed by atoms with van der Waals surface area (Å²) in [7, 11) is 0. The van der Waals surface area contributed by atoms with Crippen molar-refractivity contribution in [3.05, 3.63) is 0 Å². The summed E-state index contributed by atoms with van der Waals surface area (Å²) in [5, 5.41) is 11.5. The predicted molar refractivity (Wildman–Crippen MR) is 74.0 cm³/mol. The molecule has 0 aliphatic rings. The van der Waals surface area contributed by atoms with E-state index in [1.165, 1.54) is 0 Å². The zero-order valence-electron chi connectivity index (χ0n) is 10.9. The van der Waals surface area contributed by atoms with Gasteiger partial charge in [-0.25, -0.2) is 0 Å². The third-order valence-electron chi connectivity index (χ3n) is 2.40. The van der Waals surface area contributed by atoms with Gasteiger partial charge in [0.25, 0.3) is 0 Å². The number of nitrogens with one attached hydrogen (secondary N) is 1. The summed E-state index contributed by atoms with van der Waals surface area (Å²) in [6.45, 7) is 5.54. The van der Waals surface area contributed by atoms with Crippen LogP contribution in [0.5, 0.6) is 0 Å². The average Bonchev–Trinajstić information content (AvgIpc) is 2.30. The number of hydrogen-bond acceptors (Lipinski definition) is 4. The summed E-state index contributed by atoms with van der Waals surface area (Å²) >= 11 is 1.75. The topological polar surface area (TPSA) is 75.4 Å². The summed E-state index contributed by atoms with van der Waals surface area (Å²) in [6, 6.07) is 0. The molecule has 1 atom stereocenters. The molecule has 0 saturated heterocycles. The lowest BCUT2D eigenvalue weighted by Gasteiger charge is -2.16. The monoisotopic (exact) mass is 262 g/mol. The van der Waals surface area contributed by atoms with E-state index in [0.29, 0.717) is 19.0 Å². The molecule has 0 aliphatic heterocycles.